The standard InChI is InChI=1S/C10H14ClN3/c1-5-6(2)12-10-8(4)7(3)9(11)13-14-10/h5-6H,1H2,2-4H3,(H,12,14). The van der Waals surface area contributed by atoms with Crippen molar-refractivity contribution in [2.45, 2.75) is 26.8 Å². The molecule has 1 N–H and O–H groups in total. The number of aromatic nitrogens is 2. The number of nitrogens with zero attached hydrogens (tertiary/aromatic N) is 2. The van der Waals surface area contributed by atoms with Crippen LogP contribution in [-0.4, -0.2) is 16.2 Å². The van der Waals surface area contributed by atoms with Gasteiger partial charge in [0, 0.05) is 6.04 Å². The number of rotatable bonds is 3. The Hall–Kier alpha value is -1.09. The Morgan fingerprint density at radius 2 is 2.00 bits per heavy atom. The van der Waals surface area contributed by atoms with Crippen molar-refractivity contribution in [2.24, 2.45) is 0 Å². The van der Waals surface area contributed by atoms with Gasteiger partial charge in [0.15, 0.2) is 11.0 Å². The highest BCUT2D eigenvalue weighted by Crippen LogP contribution is 2.20. The SMILES string of the molecule is C=CC(C)Nc1nnc(Cl)c(C)c1C. The summed E-state index contributed by atoms with van der Waals surface area (Å²) >= 11 is 5.83. The van der Waals surface area contributed by atoms with Crippen molar-refractivity contribution in [1.82, 2.24) is 10.2 Å². The third-order valence-corrected chi connectivity index (χ3v) is 2.54. The summed E-state index contributed by atoms with van der Waals surface area (Å²) < 4.78 is 0. The zero-order valence-corrected chi connectivity index (χ0v) is 9.39. The number of hydrogen-bond donors (Lipinski definition) is 1. The fraction of sp³-hybridized carbons (Fsp3) is 0.400. The van der Waals surface area contributed by atoms with Crippen LogP contribution in [0.2, 0.25) is 5.15 Å². The molecule has 1 rings (SSSR count). The van der Waals surface area contributed by atoms with Crippen molar-refractivity contribution in [1.29, 1.82) is 0 Å². The first-order chi connectivity index (χ1) is 6.56. The third-order valence-electron chi connectivity index (χ3n) is 2.18. The van der Waals surface area contributed by atoms with E-state index in [2.05, 4.69) is 22.1 Å². The minimum absolute atomic E-state index is 0.170. The molecule has 0 spiro atoms. The smallest absolute Gasteiger partial charge is 0.155 e. The average molecular weight is 212 g/mol. The van der Waals surface area contributed by atoms with Crippen molar-refractivity contribution in [3.05, 3.63) is 28.9 Å². The topological polar surface area (TPSA) is 37.8 Å². The maximum absolute atomic E-state index is 5.83. The van der Waals surface area contributed by atoms with Crippen LogP contribution in [0.4, 0.5) is 5.82 Å². The second kappa shape index (κ2) is 4.42. The van der Waals surface area contributed by atoms with Crippen LogP contribution in [0.5, 0.6) is 0 Å². The van der Waals surface area contributed by atoms with E-state index in [0.29, 0.717) is 5.15 Å². The van der Waals surface area contributed by atoms with Crippen LogP contribution < -0.4 is 5.32 Å². The Kier molecular flexibility index (Phi) is 3.47. The highest BCUT2D eigenvalue weighted by atomic mass is 35.5. The second-order valence-corrected chi connectivity index (χ2v) is 3.62. The Labute approximate surface area is 89.2 Å². The van der Waals surface area contributed by atoms with Crippen molar-refractivity contribution >= 4 is 17.4 Å². The molecule has 1 heterocycles. The number of hydrogen-bond acceptors (Lipinski definition) is 3. The van der Waals surface area contributed by atoms with Crippen molar-refractivity contribution < 1.29 is 0 Å². The Balaban J connectivity index is 2.99. The number of anilines is 1. The first kappa shape index (κ1) is 11.0. The summed E-state index contributed by atoms with van der Waals surface area (Å²) in [5.74, 6) is 0.763. The molecular formula is C10H14ClN3. The van der Waals surface area contributed by atoms with Crippen molar-refractivity contribution in [3.63, 3.8) is 0 Å². The first-order valence-corrected chi connectivity index (χ1v) is 4.82. The fourth-order valence-electron chi connectivity index (χ4n) is 0.988. The molecule has 1 aromatic heterocycles. The largest absolute Gasteiger partial charge is 0.362 e. The molecule has 1 unspecified atom stereocenters. The van der Waals surface area contributed by atoms with Crippen molar-refractivity contribution in [2.75, 3.05) is 5.32 Å². The van der Waals surface area contributed by atoms with E-state index in [0.717, 1.165) is 16.9 Å². The molecule has 1 atom stereocenters. The van der Waals surface area contributed by atoms with E-state index < -0.39 is 0 Å². The van der Waals surface area contributed by atoms with E-state index in [1.807, 2.05) is 26.8 Å². The summed E-state index contributed by atoms with van der Waals surface area (Å²) in [4.78, 5) is 0. The molecule has 0 fully saturated rings. The van der Waals surface area contributed by atoms with Gasteiger partial charge < -0.3 is 5.32 Å². The molecule has 1 aromatic rings. The van der Waals surface area contributed by atoms with Gasteiger partial charge in [0.25, 0.3) is 0 Å². The van der Waals surface area contributed by atoms with Gasteiger partial charge in [-0.2, -0.15) is 0 Å². The van der Waals surface area contributed by atoms with Crippen molar-refractivity contribution in [3.8, 4) is 0 Å². The van der Waals surface area contributed by atoms with E-state index >= 15 is 0 Å². The number of halogens is 1. The molecule has 0 saturated carbocycles. The Bertz CT molecular complexity index is 349. The van der Waals surface area contributed by atoms with Crippen LogP contribution in [0.15, 0.2) is 12.7 Å². The van der Waals surface area contributed by atoms with Gasteiger partial charge in [-0.15, -0.1) is 16.8 Å². The lowest BCUT2D eigenvalue weighted by atomic mass is 10.2. The summed E-state index contributed by atoms with van der Waals surface area (Å²) in [5, 5.41) is 11.5. The third kappa shape index (κ3) is 2.23. The lowest BCUT2D eigenvalue weighted by molar-refractivity contribution is 0.928. The first-order valence-electron chi connectivity index (χ1n) is 4.44. The summed E-state index contributed by atoms with van der Waals surface area (Å²) in [5.41, 5.74) is 1.99. The molecule has 0 aromatic carbocycles. The lowest BCUT2D eigenvalue weighted by Gasteiger charge is -2.13. The lowest BCUT2D eigenvalue weighted by Crippen LogP contribution is -2.14. The molecule has 14 heavy (non-hydrogen) atoms. The Morgan fingerprint density at radius 1 is 1.36 bits per heavy atom. The van der Waals surface area contributed by atoms with E-state index in [1.54, 1.807) is 0 Å². The summed E-state index contributed by atoms with van der Waals surface area (Å²) in [7, 11) is 0. The van der Waals surface area contributed by atoms with E-state index in [9.17, 15) is 0 Å². The van der Waals surface area contributed by atoms with Gasteiger partial charge in [0.05, 0.1) is 0 Å². The van der Waals surface area contributed by atoms with Gasteiger partial charge in [-0.1, -0.05) is 17.7 Å². The molecule has 0 bridgehead atoms. The predicted molar refractivity (Wildman–Crippen MR) is 59.8 cm³/mol. The molecule has 0 amide bonds. The van der Waals surface area contributed by atoms with Gasteiger partial charge in [-0.3, -0.25) is 0 Å². The van der Waals surface area contributed by atoms with Gasteiger partial charge in [-0.25, -0.2) is 0 Å². The van der Waals surface area contributed by atoms with Crippen LogP contribution in [0.25, 0.3) is 0 Å². The van der Waals surface area contributed by atoms with Crippen LogP contribution in [0, 0.1) is 13.8 Å². The quantitative estimate of drug-likeness (QED) is 0.782. The molecule has 4 heteroatoms. The molecule has 0 aliphatic carbocycles. The predicted octanol–water partition coefficient (Wildman–Crippen LogP) is 2.73. The molecule has 0 aliphatic heterocycles. The highest BCUT2D eigenvalue weighted by Gasteiger charge is 2.08. The summed E-state index contributed by atoms with van der Waals surface area (Å²) in [6.45, 7) is 9.58. The van der Waals surface area contributed by atoms with Gasteiger partial charge in [0.1, 0.15) is 0 Å². The second-order valence-electron chi connectivity index (χ2n) is 3.26. The minimum atomic E-state index is 0.170. The average Bonchev–Trinajstić information content (AvgIpc) is 2.19. The minimum Gasteiger partial charge on any atom is -0.362 e. The zero-order chi connectivity index (χ0) is 10.7. The summed E-state index contributed by atoms with van der Waals surface area (Å²) in [6.07, 6.45) is 1.81. The molecule has 0 saturated heterocycles. The molecule has 76 valence electrons. The summed E-state index contributed by atoms with van der Waals surface area (Å²) in [6, 6.07) is 0.170. The molecule has 3 nitrogen and oxygen atoms in total. The maximum Gasteiger partial charge on any atom is 0.155 e. The number of nitrogens with one attached hydrogen (secondary N) is 1. The molecule has 0 aliphatic rings. The van der Waals surface area contributed by atoms with E-state index in [1.165, 1.54) is 0 Å². The van der Waals surface area contributed by atoms with E-state index in [-0.39, 0.29) is 6.04 Å². The zero-order valence-electron chi connectivity index (χ0n) is 8.63. The van der Waals surface area contributed by atoms with Crippen LogP contribution in [0.1, 0.15) is 18.1 Å². The highest BCUT2D eigenvalue weighted by molar-refractivity contribution is 6.30. The maximum atomic E-state index is 5.83. The Morgan fingerprint density at radius 3 is 2.57 bits per heavy atom. The fourth-order valence-corrected chi connectivity index (χ4v) is 1.17. The van der Waals surface area contributed by atoms with Gasteiger partial charge in [0.2, 0.25) is 0 Å². The van der Waals surface area contributed by atoms with Crippen LogP contribution in [-0.2, 0) is 0 Å². The molecule has 0 radical (unpaired) electrons. The van der Waals surface area contributed by atoms with Gasteiger partial charge in [-0.05, 0) is 31.9 Å². The van der Waals surface area contributed by atoms with E-state index in [4.69, 9.17) is 11.6 Å². The van der Waals surface area contributed by atoms with Crippen LogP contribution in [0.3, 0.4) is 0 Å². The van der Waals surface area contributed by atoms with Crippen LogP contribution >= 0.6 is 11.6 Å². The van der Waals surface area contributed by atoms with Gasteiger partial charge >= 0.3 is 0 Å². The monoisotopic (exact) mass is 211 g/mol. The molecular weight excluding hydrogens is 198 g/mol. The normalized spacial score (nSPS) is 12.3.